The van der Waals surface area contributed by atoms with Crippen LogP contribution in [0.3, 0.4) is 0 Å². The quantitative estimate of drug-likeness (QED) is 0.657. The molecule has 1 fully saturated rings. The summed E-state index contributed by atoms with van der Waals surface area (Å²) >= 11 is 0. The molecule has 0 radical (unpaired) electrons. The zero-order valence-corrected chi connectivity index (χ0v) is 8.68. The number of carbonyl (C=O) groups excluding carboxylic acids is 1. The number of amides is 1. The van der Waals surface area contributed by atoms with E-state index in [4.69, 9.17) is 0 Å². The fraction of sp³-hybridized carbons (Fsp3) is 0.900. The van der Waals surface area contributed by atoms with Crippen LogP contribution in [0.15, 0.2) is 0 Å². The van der Waals surface area contributed by atoms with Crippen molar-refractivity contribution >= 4 is 5.91 Å². The van der Waals surface area contributed by atoms with Crippen molar-refractivity contribution in [2.24, 2.45) is 5.92 Å². The summed E-state index contributed by atoms with van der Waals surface area (Å²) in [5, 5.41) is 3.24. The van der Waals surface area contributed by atoms with E-state index in [1.54, 1.807) is 0 Å². The van der Waals surface area contributed by atoms with Crippen molar-refractivity contribution in [3.8, 4) is 0 Å². The van der Waals surface area contributed by atoms with Gasteiger partial charge >= 0.3 is 0 Å². The lowest BCUT2D eigenvalue weighted by Gasteiger charge is -2.30. The minimum Gasteiger partial charge on any atom is -0.341 e. The van der Waals surface area contributed by atoms with Crippen LogP contribution in [0.5, 0.6) is 0 Å². The molecule has 0 saturated carbocycles. The van der Waals surface area contributed by atoms with Gasteiger partial charge in [0.2, 0.25) is 5.91 Å². The minimum absolute atomic E-state index is 0.246. The Hall–Kier alpha value is -0.570. The fourth-order valence-electron chi connectivity index (χ4n) is 1.75. The fourth-order valence-corrected chi connectivity index (χ4v) is 1.75. The molecule has 1 rings (SSSR count). The third kappa shape index (κ3) is 2.99. The Bertz CT molecular complexity index is 170. The largest absolute Gasteiger partial charge is 0.341 e. The number of rotatable bonds is 4. The molecule has 1 aliphatic heterocycles. The molecule has 13 heavy (non-hydrogen) atoms. The normalized spacial score (nSPS) is 23.7. The van der Waals surface area contributed by atoms with Crippen molar-refractivity contribution in [1.29, 1.82) is 0 Å². The predicted octanol–water partition coefficient (Wildman–Crippen LogP) is 0.854. The molecule has 76 valence electrons. The molecule has 0 aromatic rings. The molecule has 0 bridgehead atoms. The highest BCUT2D eigenvalue weighted by molar-refractivity contribution is 5.79. The van der Waals surface area contributed by atoms with Crippen LogP contribution in [0.2, 0.25) is 0 Å². The molecule has 3 nitrogen and oxygen atoms in total. The van der Waals surface area contributed by atoms with Crippen LogP contribution in [-0.4, -0.2) is 37.0 Å². The average molecular weight is 184 g/mol. The zero-order valence-electron chi connectivity index (χ0n) is 8.68. The number of hydrogen-bond acceptors (Lipinski definition) is 2. The van der Waals surface area contributed by atoms with E-state index in [1.807, 2.05) is 11.8 Å². The number of likely N-dealkylation sites (N-methyl/N-ethyl adjacent to an activating group) is 1. The van der Waals surface area contributed by atoms with E-state index in [9.17, 15) is 4.79 Å². The maximum absolute atomic E-state index is 11.6. The minimum atomic E-state index is 0.246. The molecule has 0 aromatic carbocycles. The molecular weight excluding hydrogens is 164 g/mol. The molecule has 1 aliphatic rings. The predicted molar refractivity (Wildman–Crippen MR) is 53.5 cm³/mol. The summed E-state index contributed by atoms with van der Waals surface area (Å²) in [7, 11) is 0. The van der Waals surface area contributed by atoms with E-state index in [2.05, 4.69) is 12.2 Å². The summed E-state index contributed by atoms with van der Waals surface area (Å²) in [4.78, 5) is 13.6. The average Bonchev–Trinajstić information content (AvgIpc) is 2.13. The zero-order chi connectivity index (χ0) is 9.68. The smallest absolute Gasteiger partial charge is 0.225 e. The first kappa shape index (κ1) is 10.5. The van der Waals surface area contributed by atoms with Crippen molar-refractivity contribution in [2.75, 3.05) is 26.2 Å². The lowest BCUT2D eigenvalue weighted by atomic mass is 9.99. The molecule has 1 atom stereocenters. The van der Waals surface area contributed by atoms with Crippen LogP contribution >= 0.6 is 0 Å². The first-order valence-corrected chi connectivity index (χ1v) is 5.25. The standard InChI is InChI=1S/C10H20N2O/c1-3-11-6-8-12-7-4-5-9(2)10(12)13/h9,11H,3-8H2,1-2H3. The maximum atomic E-state index is 11.6. The Morgan fingerprint density at radius 2 is 2.38 bits per heavy atom. The van der Waals surface area contributed by atoms with Crippen molar-refractivity contribution < 1.29 is 4.79 Å². The van der Waals surface area contributed by atoms with E-state index in [0.717, 1.165) is 32.6 Å². The molecule has 0 spiro atoms. The van der Waals surface area contributed by atoms with Crippen molar-refractivity contribution in [2.45, 2.75) is 26.7 Å². The highest BCUT2D eigenvalue weighted by atomic mass is 16.2. The monoisotopic (exact) mass is 184 g/mol. The second-order valence-electron chi connectivity index (χ2n) is 3.72. The summed E-state index contributed by atoms with van der Waals surface area (Å²) < 4.78 is 0. The van der Waals surface area contributed by atoms with E-state index >= 15 is 0 Å². The number of hydrogen-bond donors (Lipinski definition) is 1. The van der Waals surface area contributed by atoms with Crippen LogP contribution in [0.25, 0.3) is 0 Å². The number of nitrogens with zero attached hydrogens (tertiary/aromatic N) is 1. The number of piperidine rings is 1. The van der Waals surface area contributed by atoms with E-state index in [0.29, 0.717) is 5.91 Å². The lowest BCUT2D eigenvalue weighted by Crippen LogP contribution is -2.43. The van der Waals surface area contributed by atoms with Crippen LogP contribution in [0.1, 0.15) is 26.7 Å². The maximum Gasteiger partial charge on any atom is 0.225 e. The third-order valence-corrected chi connectivity index (χ3v) is 2.61. The first-order valence-electron chi connectivity index (χ1n) is 5.25. The van der Waals surface area contributed by atoms with Crippen LogP contribution < -0.4 is 5.32 Å². The Labute approximate surface area is 80.5 Å². The second-order valence-corrected chi connectivity index (χ2v) is 3.72. The molecule has 3 heteroatoms. The van der Waals surface area contributed by atoms with Gasteiger partial charge in [-0.1, -0.05) is 13.8 Å². The second kappa shape index (κ2) is 5.22. The van der Waals surface area contributed by atoms with Gasteiger partial charge < -0.3 is 10.2 Å². The van der Waals surface area contributed by atoms with Gasteiger partial charge in [0.15, 0.2) is 0 Å². The first-order chi connectivity index (χ1) is 6.25. The highest BCUT2D eigenvalue weighted by Gasteiger charge is 2.23. The Kier molecular flexibility index (Phi) is 4.22. The van der Waals surface area contributed by atoms with Gasteiger partial charge in [0.1, 0.15) is 0 Å². The van der Waals surface area contributed by atoms with Gasteiger partial charge in [-0.05, 0) is 19.4 Å². The van der Waals surface area contributed by atoms with Crippen molar-refractivity contribution in [1.82, 2.24) is 10.2 Å². The van der Waals surface area contributed by atoms with Crippen LogP contribution in [0, 0.1) is 5.92 Å². The molecule has 1 amide bonds. The van der Waals surface area contributed by atoms with Gasteiger partial charge in [0.05, 0.1) is 0 Å². The SMILES string of the molecule is CCNCCN1CCCC(C)C1=O. The molecule has 1 heterocycles. The van der Waals surface area contributed by atoms with Gasteiger partial charge in [-0.2, -0.15) is 0 Å². The summed E-state index contributed by atoms with van der Waals surface area (Å²) in [6, 6.07) is 0. The third-order valence-electron chi connectivity index (χ3n) is 2.61. The van der Waals surface area contributed by atoms with Gasteiger partial charge in [0.25, 0.3) is 0 Å². The molecule has 0 aliphatic carbocycles. The molecule has 0 aromatic heterocycles. The van der Waals surface area contributed by atoms with E-state index in [1.165, 1.54) is 6.42 Å². The number of carbonyl (C=O) groups is 1. The Morgan fingerprint density at radius 3 is 3.08 bits per heavy atom. The summed E-state index contributed by atoms with van der Waals surface area (Å²) in [6.07, 6.45) is 2.23. The van der Waals surface area contributed by atoms with Gasteiger partial charge in [0, 0.05) is 25.6 Å². The van der Waals surface area contributed by atoms with Crippen LogP contribution in [0.4, 0.5) is 0 Å². The Morgan fingerprint density at radius 1 is 1.62 bits per heavy atom. The summed E-state index contributed by atoms with van der Waals surface area (Å²) in [5.41, 5.74) is 0. The van der Waals surface area contributed by atoms with Crippen molar-refractivity contribution in [3.05, 3.63) is 0 Å². The highest BCUT2D eigenvalue weighted by Crippen LogP contribution is 2.16. The van der Waals surface area contributed by atoms with Gasteiger partial charge in [-0.25, -0.2) is 0 Å². The van der Waals surface area contributed by atoms with E-state index < -0.39 is 0 Å². The summed E-state index contributed by atoms with van der Waals surface area (Å²) in [5.74, 6) is 0.583. The van der Waals surface area contributed by atoms with Crippen molar-refractivity contribution in [3.63, 3.8) is 0 Å². The summed E-state index contributed by atoms with van der Waals surface area (Å²) in [6.45, 7) is 7.85. The van der Waals surface area contributed by atoms with E-state index in [-0.39, 0.29) is 5.92 Å². The molecule has 1 unspecified atom stereocenters. The van der Waals surface area contributed by atoms with Crippen LogP contribution in [-0.2, 0) is 4.79 Å². The topological polar surface area (TPSA) is 32.3 Å². The van der Waals surface area contributed by atoms with Gasteiger partial charge in [-0.15, -0.1) is 0 Å². The van der Waals surface area contributed by atoms with Gasteiger partial charge in [-0.3, -0.25) is 4.79 Å². The molecular formula is C10H20N2O. The molecule has 1 saturated heterocycles. The lowest BCUT2D eigenvalue weighted by molar-refractivity contribution is -0.137. The molecule has 1 N–H and O–H groups in total. The number of nitrogens with one attached hydrogen (secondary N) is 1. The number of likely N-dealkylation sites (tertiary alicyclic amines) is 1. The Balaban J connectivity index is 2.27.